The van der Waals surface area contributed by atoms with E-state index in [4.69, 9.17) is 0 Å². The molecule has 0 radical (unpaired) electrons. The number of amides is 2. The van der Waals surface area contributed by atoms with Gasteiger partial charge in [-0.15, -0.1) is 26.3 Å². The standard InChI is InChI=1S/C21H22F4N2O3.C14H17F3N2O3/c1-26(16-6-8-17(9-7-16)30-21(23,24)25)19(28)20(29)10-12-27(13-11-20)14-15-4-2-3-5-18(15)22;1-19(12(20)13(21)6-8-18-9-7-13)10-2-4-11(5-3-10)22-14(15,16)17/h2-9,29H,10-14H2,1H3;2-5,18,21H,6-9H2,1H3. The molecule has 284 valence electrons. The smallest absolute Gasteiger partial charge is 0.406 e. The topological polar surface area (TPSA) is 115 Å². The number of likely N-dealkylation sites (tertiary alicyclic amines) is 1. The fourth-order valence-corrected chi connectivity index (χ4v) is 5.82. The Morgan fingerprint density at radius 3 is 1.52 bits per heavy atom. The van der Waals surface area contributed by atoms with Crippen molar-refractivity contribution in [2.45, 2.75) is 56.2 Å². The summed E-state index contributed by atoms with van der Waals surface area (Å²) >= 11 is 0. The summed E-state index contributed by atoms with van der Waals surface area (Å²) in [5, 5.41) is 24.3. The number of nitrogens with one attached hydrogen (secondary N) is 1. The molecule has 2 aliphatic heterocycles. The molecule has 2 aliphatic rings. The number of halogens is 7. The molecule has 0 aromatic heterocycles. The summed E-state index contributed by atoms with van der Waals surface area (Å²) in [6.07, 6.45) is -8.63. The predicted octanol–water partition coefficient (Wildman–Crippen LogP) is 5.38. The zero-order chi connectivity index (χ0) is 38.3. The van der Waals surface area contributed by atoms with Gasteiger partial charge in [0, 0.05) is 50.7 Å². The predicted molar refractivity (Wildman–Crippen MR) is 176 cm³/mol. The number of benzene rings is 3. The van der Waals surface area contributed by atoms with Crippen molar-refractivity contribution in [3.05, 3.63) is 84.2 Å². The Bertz CT molecular complexity index is 1640. The minimum atomic E-state index is -4.80. The van der Waals surface area contributed by atoms with Crippen LogP contribution in [0.15, 0.2) is 72.8 Å². The van der Waals surface area contributed by atoms with E-state index in [0.29, 0.717) is 62.5 Å². The maximum absolute atomic E-state index is 13.8. The Hall–Kier alpha value is -4.45. The van der Waals surface area contributed by atoms with Crippen molar-refractivity contribution in [2.75, 3.05) is 50.1 Å². The van der Waals surface area contributed by atoms with Crippen LogP contribution >= 0.6 is 0 Å². The van der Waals surface area contributed by atoms with Gasteiger partial charge in [0.1, 0.15) is 28.5 Å². The zero-order valence-corrected chi connectivity index (χ0v) is 28.3. The number of ether oxygens (including phenoxy) is 2. The van der Waals surface area contributed by atoms with E-state index in [1.807, 2.05) is 4.90 Å². The third-order valence-electron chi connectivity index (χ3n) is 8.79. The van der Waals surface area contributed by atoms with Gasteiger partial charge in [-0.1, -0.05) is 18.2 Å². The highest BCUT2D eigenvalue weighted by atomic mass is 19.4. The second-order valence-electron chi connectivity index (χ2n) is 12.5. The van der Waals surface area contributed by atoms with E-state index in [1.165, 1.54) is 54.2 Å². The fraction of sp³-hybridized carbons (Fsp3) is 0.429. The van der Waals surface area contributed by atoms with Gasteiger partial charge in [-0.2, -0.15) is 0 Å². The van der Waals surface area contributed by atoms with Crippen LogP contribution in [-0.2, 0) is 16.1 Å². The molecule has 3 aromatic rings. The van der Waals surface area contributed by atoms with E-state index in [-0.39, 0.29) is 24.4 Å². The quantitative estimate of drug-likeness (QED) is 0.264. The number of aliphatic hydroxyl groups is 2. The Balaban J connectivity index is 0.000000244. The molecular weight excluding hydrogens is 705 g/mol. The van der Waals surface area contributed by atoms with Crippen LogP contribution < -0.4 is 24.6 Å². The molecule has 2 fully saturated rings. The van der Waals surface area contributed by atoms with Gasteiger partial charge >= 0.3 is 12.7 Å². The van der Waals surface area contributed by atoms with E-state index in [0.717, 1.165) is 24.3 Å². The van der Waals surface area contributed by atoms with Gasteiger partial charge < -0.3 is 34.8 Å². The summed E-state index contributed by atoms with van der Waals surface area (Å²) in [5.74, 6) is -2.08. The van der Waals surface area contributed by atoms with Gasteiger partial charge in [-0.3, -0.25) is 14.5 Å². The molecule has 0 unspecified atom stereocenters. The van der Waals surface area contributed by atoms with Crippen molar-refractivity contribution in [2.24, 2.45) is 0 Å². The number of hydrogen-bond donors (Lipinski definition) is 3. The van der Waals surface area contributed by atoms with Crippen LogP contribution in [-0.4, -0.2) is 91.1 Å². The lowest BCUT2D eigenvalue weighted by Crippen LogP contribution is -2.54. The number of hydrogen-bond acceptors (Lipinski definition) is 8. The largest absolute Gasteiger partial charge is 0.573 e. The summed E-state index contributed by atoms with van der Waals surface area (Å²) in [5.41, 5.74) is -1.78. The van der Waals surface area contributed by atoms with Crippen LogP contribution in [0.1, 0.15) is 31.2 Å². The number of anilines is 2. The van der Waals surface area contributed by atoms with Crippen LogP contribution in [0.5, 0.6) is 11.5 Å². The number of likely N-dealkylation sites (N-methyl/N-ethyl adjacent to an activating group) is 2. The average molecular weight is 745 g/mol. The molecular formula is C35H39F7N4O6. The number of carbonyl (C=O) groups is 2. The van der Waals surface area contributed by atoms with Gasteiger partial charge in [0.2, 0.25) is 0 Å². The number of piperidine rings is 2. The van der Waals surface area contributed by atoms with Crippen molar-refractivity contribution in [1.29, 1.82) is 0 Å². The lowest BCUT2D eigenvalue weighted by Gasteiger charge is -2.39. The van der Waals surface area contributed by atoms with Gasteiger partial charge in [0.15, 0.2) is 0 Å². The molecule has 3 aromatic carbocycles. The summed E-state index contributed by atoms with van der Waals surface area (Å²) in [7, 11) is 2.92. The van der Waals surface area contributed by atoms with Crippen molar-refractivity contribution >= 4 is 23.2 Å². The van der Waals surface area contributed by atoms with Gasteiger partial charge in [0.25, 0.3) is 11.8 Å². The lowest BCUT2D eigenvalue weighted by atomic mass is 9.89. The van der Waals surface area contributed by atoms with Crippen molar-refractivity contribution < 1.29 is 60.0 Å². The van der Waals surface area contributed by atoms with Crippen molar-refractivity contribution in [3.63, 3.8) is 0 Å². The normalized spacial score (nSPS) is 17.3. The Morgan fingerprint density at radius 1 is 0.712 bits per heavy atom. The van der Waals surface area contributed by atoms with Gasteiger partial charge in [0.05, 0.1) is 0 Å². The first-order chi connectivity index (χ1) is 24.3. The number of carbonyl (C=O) groups excluding carboxylic acids is 2. The van der Waals surface area contributed by atoms with Gasteiger partial charge in [-0.05, 0) is 93.4 Å². The lowest BCUT2D eigenvalue weighted by molar-refractivity contribution is -0.275. The fourth-order valence-electron chi connectivity index (χ4n) is 5.82. The van der Waals surface area contributed by atoms with E-state index < -0.39 is 41.5 Å². The number of rotatable bonds is 8. The van der Waals surface area contributed by atoms with Crippen LogP contribution in [0, 0.1) is 5.82 Å². The summed E-state index contributed by atoms with van der Waals surface area (Å²) in [6, 6.07) is 16.2. The highest BCUT2D eigenvalue weighted by molar-refractivity contribution is 5.99. The summed E-state index contributed by atoms with van der Waals surface area (Å²) in [4.78, 5) is 29.6. The molecule has 2 heterocycles. The van der Waals surface area contributed by atoms with Crippen LogP contribution in [0.3, 0.4) is 0 Å². The van der Waals surface area contributed by atoms with E-state index in [1.54, 1.807) is 18.2 Å². The van der Waals surface area contributed by atoms with Crippen molar-refractivity contribution in [1.82, 2.24) is 10.2 Å². The molecule has 2 saturated heterocycles. The molecule has 0 aliphatic carbocycles. The molecule has 5 rings (SSSR count). The second-order valence-corrected chi connectivity index (χ2v) is 12.5. The molecule has 0 spiro atoms. The summed E-state index contributed by atoms with van der Waals surface area (Å²) in [6.45, 7) is 2.27. The number of nitrogens with zero attached hydrogens (tertiary/aromatic N) is 3. The molecule has 0 bridgehead atoms. The highest BCUT2D eigenvalue weighted by Crippen LogP contribution is 2.31. The highest BCUT2D eigenvalue weighted by Gasteiger charge is 2.42. The second kappa shape index (κ2) is 16.5. The minimum Gasteiger partial charge on any atom is -0.406 e. The van der Waals surface area contributed by atoms with Gasteiger partial charge in [-0.25, -0.2) is 4.39 Å². The first kappa shape index (κ1) is 40.3. The Labute approximate surface area is 295 Å². The van der Waals surface area contributed by atoms with E-state index in [9.17, 15) is 50.5 Å². The SMILES string of the molecule is CN(C(=O)C1(O)CCN(Cc2ccccc2F)CC1)c1ccc(OC(F)(F)F)cc1.CN(C(=O)C1(O)CCNCC1)c1ccc(OC(F)(F)F)cc1. The molecule has 10 nitrogen and oxygen atoms in total. The average Bonchev–Trinajstić information content (AvgIpc) is 3.09. The monoisotopic (exact) mass is 744 g/mol. The first-order valence-electron chi connectivity index (χ1n) is 16.2. The van der Waals surface area contributed by atoms with Crippen LogP contribution in [0.25, 0.3) is 0 Å². The Morgan fingerprint density at radius 2 is 1.12 bits per heavy atom. The molecule has 0 atom stereocenters. The first-order valence-corrected chi connectivity index (χ1v) is 16.2. The molecule has 3 N–H and O–H groups in total. The Kier molecular flexibility index (Phi) is 12.8. The summed E-state index contributed by atoms with van der Waals surface area (Å²) < 4.78 is 94.5. The molecule has 17 heteroatoms. The minimum absolute atomic E-state index is 0.167. The van der Waals surface area contributed by atoms with E-state index >= 15 is 0 Å². The molecule has 2 amide bonds. The third-order valence-corrected chi connectivity index (χ3v) is 8.79. The van der Waals surface area contributed by atoms with Crippen LogP contribution in [0.2, 0.25) is 0 Å². The maximum atomic E-state index is 13.8. The van der Waals surface area contributed by atoms with E-state index in [2.05, 4.69) is 14.8 Å². The van der Waals surface area contributed by atoms with Crippen molar-refractivity contribution in [3.8, 4) is 11.5 Å². The molecule has 0 saturated carbocycles. The maximum Gasteiger partial charge on any atom is 0.573 e. The van der Waals surface area contributed by atoms with Crippen LogP contribution in [0.4, 0.5) is 42.1 Å². The number of alkyl halides is 6. The zero-order valence-electron chi connectivity index (χ0n) is 28.3. The third kappa shape index (κ3) is 11.0. The molecule has 52 heavy (non-hydrogen) atoms.